The second kappa shape index (κ2) is 15.1. The average Bonchev–Trinajstić information content (AvgIpc) is 2.96. The summed E-state index contributed by atoms with van der Waals surface area (Å²) in [4.78, 5) is 12.8. The summed E-state index contributed by atoms with van der Waals surface area (Å²) < 4.78 is 18.2. The lowest BCUT2D eigenvalue weighted by atomic mass is 9.71. The first-order valence-electron chi connectivity index (χ1n) is 15.9. The van der Waals surface area contributed by atoms with Gasteiger partial charge in [0.25, 0.3) is 0 Å². The summed E-state index contributed by atoms with van der Waals surface area (Å²) in [5, 5.41) is 63.3. The second-order valence-electron chi connectivity index (χ2n) is 13.6. The molecule has 4 aliphatic rings. The highest BCUT2D eigenvalue weighted by atomic mass is 16.7. The Bertz CT molecular complexity index is 1020. The number of nitrogens with two attached hydrogens (primary N) is 4. The fourth-order valence-corrected chi connectivity index (χ4v) is 7.27. The molecule has 2 heterocycles. The lowest BCUT2D eigenvalue weighted by Crippen LogP contribution is -2.69. The molecule has 3 fully saturated rings. The second-order valence-corrected chi connectivity index (χ2v) is 13.6. The third-order valence-corrected chi connectivity index (χ3v) is 9.78. The van der Waals surface area contributed by atoms with E-state index in [1.54, 1.807) is 7.05 Å². The van der Waals surface area contributed by atoms with Crippen molar-refractivity contribution in [3.63, 3.8) is 0 Å². The number of aliphatic hydroxyl groups is 5. The summed E-state index contributed by atoms with van der Waals surface area (Å²) in [6, 6.07) is -2.91. The molecule has 0 aromatic carbocycles. The Morgan fingerprint density at radius 1 is 1.18 bits per heavy atom. The maximum Gasteiger partial charge on any atom is 0.249 e. The fraction of sp³-hybridized carbons (Fsp3) is 0.897. The Hall–Kier alpha value is -1.51. The fourth-order valence-electron chi connectivity index (χ4n) is 7.27. The molecule has 1 saturated heterocycles. The molecule has 2 saturated carbocycles. The van der Waals surface area contributed by atoms with E-state index in [9.17, 15) is 30.3 Å². The van der Waals surface area contributed by atoms with E-state index in [0.717, 1.165) is 0 Å². The van der Waals surface area contributed by atoms with Gasteiger partial charge in [-0.25, -0.2) is 0 Å². The molecule has 16 nitrogen and oxygen atoms in total. The lowest BCUT2D eigenvalue weighted by Gasteiger charge is -2.50. The predicted molar refractivity (Wildman–Crippen MR) is 163 cm³/mol. The van der Waals surface area contributed by atoms with E-state index >= 15 is 0 Å². The van der Waals surface area contributed by atoms with E-state index in [-0.39, 0.29) is 26.0 Å². The van der Waals surface area contributed by atoms with E-state index < -0.39 is 84.0 Å². The molecule has 0 radical (unpaired) electrons. The first-order chi connectivity index (χ1) is 21.2. The molecule has 0 aromatic rings. The topological polar surface area (TPSA) is 286 Å². The van der Waals surface area contributed by atoms with Crippen LogP contribution in [-0.2, 0) is 19.0 Å². The average molecular weight is 646 g/mol. The van der Waals surface area contributed by atoms with Crippen LogP contribution >= 0.6 is 0 Å². The molecular formula is C29H55N7O9. The van der Waals surface area contributed by atoms with Crippen molar-refractivity contribution in [1.29, 1.82) is 0 Å². The van der Waals surface area contributed by atoms with Gasteiger partial charge in [-0.2, -0.15) is 0 Å². The number of amides is 1. The molecule has 0 spiro atoms. The first-order valence-corrected chi connectivity index (χ1v) is 15.9. The maximum absolute atomic E-state index is 12.8. The molecule has 1 unspecified atom stereocenters. The molecule has 2 aliphatic carbocycles. The van der Waals surface area contributed by atoms with Gasteiger partial charge in [0.15, 0.2) is 6.29 Å². The van der Waals surface area contributed by atoms with E-state index in [1.807, 2.05) is 6.08 Å². The third-order valence-electron chi connectivity index (χ3n) is 9.78. The summed E-state index contributed by atoms with van der Waals surface area (Å²) in [6.07, 6.45) is -3.45. The predicted octanol–water partition coefficient (Wildman–Crippen LogP) is -4.98. The minimum Gasteiger partial charge on any atom is -0.492 e. The van der Waals surface area contributed by atoms with Crippen LogP contribution in [0.5, 0.6) is 0 Å². The smallest absolute Gasteiger partial charge is 0.249 e. The number of aliphatic hydroxyl groups excluding tert-OH is 3. The van der Waals surface area contributed by atoms with Crippen LogP contribution in [0.2, 0.25) is 0 Å². The van der Waals surface area contributed by atoms with Crippen LogP contribution in [0.1, 0.15) is 39.0 Å². The van der Waals surface area contributed by atoms with E-state index in [2.05, 4.69) is 16.0 Å². The number of ether oxygens (including phenoxy) is 3. The molecular weight excluding hydrogens is 590 g/mol. The van der Waals surface area contributed by atoms with Crippen molar-refractivity contribution in [2.24, 2.45) is 34.8 Å². The van der Waals surface area contributed by atoms with Gasteiger partial charge in [-0.05, 0) is 71.2 Å². The quantitative estimate of drug-likeness (QED) is 0.0893. The van der Waals surface area contributed by atoms with Gasteiger partial charge in [0.1, 0.15) is 35.8 Å². The van der Waals surface area contributed by atoms with E-state index in [4.69, 9.17) is 37.1 Å². The van der Waals surface area contributed by atoms with E-state index in [1.165, 1.54) is 6.92 Å². The minimum absolute atomic E-state index is 0.0314. The van der Waals surface area contributed by atoms with Crippen molar-refractivity contribution in [1.82, 2.24) is 16.0 Å². The number of hydrogen-bond donors (Lipinski definition) is 12. The van der Waals surface area contributed by atoms with Gasteiger partial charge in [0.05, 0.1) is 36.9 Å². The van der Waals surface area contributed by atoms with Crippen molar-refractivity contribution >= 4 is 5.91 Å². The van der Waals surface area contributed by atoms with Crippen LogP contribution in [0.4, 0.5) is 0 Å². The Balaban J connectivity index is 1.49. The summed E-state index contributed by atoms with van der Waals surface area (Å²) in [5.74, 6) is -0.530. The molecule has 0 bridgehead atoms. The standard InChI is InChI=1S/C29H55N7O9/c1-28(41)13-43-27(22(39)25(28)34-2)45-24-18(36-26(40)19(37)5-6-30)7-17(33)20(21(24)38)23-16(32)4-3-15(44-23)11-35-12-29(42)8-14(9-29)10-31/h3,14,16-25,27,34-35,37-39,41-42H,4-13,30-33H2,1-2H3,(H,36,40)/t14?,16-,17+,18-,19+,20?,21+,22-,23+,24+,25-,27-,28+,29?/m1/s1. The monoisotopic (exact) mass is 645 g/mol. The minimum atomic E-state index is -1.40. The van der Waals surface area contributed by atoms with Crippen LogP contribution < -0.4 is 38.9 Å². The zero-order valence-corrected chi connectivity index (χ0v) is 26.3. The van der Waals surface area contributed by atoms with Gasteiger partial charge < -0.3 is 78.6 Å². The zero-order valence-electron chi connectivity index (χ0n) is 26.3. The van der Waals surface area contributed by atoms with Crippen molar-refractivity contribution in [2.75, 3.05) is 39.8 Å². The summed E-state index contributed by atoms with van der Waals surface area (Å²) in [6.45, 7) is 2.70. The van der Waals surface area contributed by atoms with Gasteiger partial charge in [-0.3, -0.25) is 4.79 Å². The number of rotatable bonds is 13. The van der Waals surface area contributed by atoms with Crippen LogP contribution in [0, 0.1) is 11.8 Å². The third kappa shape index (κ3) is 8.32. The van der Waals surface area contributed by atoms with Gasteiger partial charge in [0, 0.05) is 24.5 Å². The molecule has 260 valence electrons. The Morgan fingerprint density at radius 3 is 2.53 bits per heavy atom. The summed E-state index contributed by atoms with van der Waals surface area (Å²) in [5.41, 5.74) is 22.1. The molecule has 0 aromatic heterocycles. The van der Waals surface area contributed by atoms with Crippen molar-refractivity contribution in [2.45, 2.75) is 111 Å². The largest absolute Gasteiger partial charge is 0.492 e. The Morgan fingerprint density at radius 2 is 1.89 bits per heavy atom. The maximum atomic E-state index is 12.8. The molecule has 1 amide bonds. The number of nitrogens with one attached hydrogen (secondary N) is 3. The van der Waals surface area contributed by atoms with Gasteiger partial charge >= 0.3 is 0 Å². The molecule has 2 aliphatic heterocycles. The SMILES string of the molecule is CN[C@@H]1[C@@H](O)[C@@H](O[C@H]2[C@H](NC(=O)[C@@H](O)CCN)C[C@H](N)C([C@H]3OC(CNCC4(O)CC(CN)C4)=CC[C@H]3N)[C@@H]2O)OC[C@]1(C)O. The zero-order chi connectivity index (χ0) is 33.1. The van der Waals surface area contributed by atoms with Gasteiger partial charge in [-0.15, -0.1) is 0 Å². The van der Waals surface area contributed by atoms with Crippen molar-refractivity contribution in [3.05, 3.63) is 11.8 Å². The molecule has 16 N–H and O–H groups in total. The van der Waals surface area contributed by atoms with Gasteiger partial charge in [0.2, 0.25) is 5.91 Å². The molecule has 4 rings (SSSR count). The van der Waals surface area contributed by atoms with Crippen molar-refractivity contribution < 1.29 is 44.5 Å². The number of likely N-dealkylation sites (N-methyl/N-ethyl adjacent to an activating group) is 1. The number of carbonyl (C=O) groups is 1. The summed E-state index contributed by atoms with van der Waals surface area (Å²) >= 11 is 0. The lowest BCUT2D eigenvalue weighted by molar-refractivity contribution is -0.297. The van der Waals surface area contributed by atoms with Crippen LogP contribution in [0.3, 0.4) is 0 Å². The molecule has 45 heavy (non-hydrogen) atoms. The highest BCUT2D eigenvalue weighted by Crippen LogP contribution is 2.38. The van der Waals surface area contributed by atoms with Crippen molar-refractivity contribution in [3.8, 4) is 0 Å². The van der Waals surface area contributed by atoms with Crippen LogP contribution in [-0.4, -0.2) is 143 Å². The number of hydrogen-bond acceptors (Lipinski definition) is 15. The summed E-state index contributed by atoms with van der Waals surface area (Å²) in [7, 11) is 1.59. The highest BCUT2D eigenvalue weighted by molar-refractivity contribution is 5.80. The molecule has 12 atom stereocenters. The van der Waals surface area contributed by atoms with Crippen LogP contribution in [0.25, 0.3) is 0 Å². The number of carbonyl (C=O) groups excluding carboxylic acids is 1. The van der Waals surface area contributed by atoms with Crippen LogP contribution in [0.15, 0.2) is 11.8 Å². The first kappa shape index (κ1) is 36.3. The van der Waals surface area contributed by atoms with Gasteiger partial charge in [-0.1, -0.05) is 0 Å². The normalized spacial score (nSPS) is 44.3. The Kier molecular flexibility index (Phi) is 12.2. The molecule has 16 heteroatoms. The Labute approximate surface area is 264 Å². The van der Waals surface area contributed by atoms with E-state index in [0.29, 0.717) is 50.6 Å². The highest BCUT2D eigenvalue weighted by Gasteiger charge is 2.53.